The van der Waals surface area contributed by atoms with Crippen LogP contribution in [0.2, 0.25) is 0 Å². The number of carbonyl (C=O) groups excluding carboxylic acids is 2. The highest BCUT2D eigenvalue weighted by molar-refractivity contribution is 6.07. The number of benzene rings is 1. The molecule has 1 spiro atoms. The van der Waals surface area contributed by atoms with E-state index in [-0.39, 0.29) is 17.9 Å². The quantitative estimate of drug-likeness (QED) is 0.729. The first-order valence-electron chi connectivity index (χ1n) is 11.0. The van der Waals surface area contributed by atoms with Gasteiger partial charge >= 0.3 is 6.03 Å². The van der Waals surface area contributed by atoms with E-state index in [4.69, 9.17) is 4.74 Å². The van der Waals surface area contributed by atoms with Gasteiger partial charge in [-0.2, -0.15) is 0 Å². The standard InChI is InChI=1S/C22H32N4O3/c1-3-29-19-10-5-4-9-18(19)25-14-12-24(13-15-25)16-26-20(27)22(23-21(26)28)11-7-6-8-17(22)2/h4-5,9-10,17H,3,6-8,11-16H2,1-2H3,(H,23,28)/p+1/t17-,22-/m1/s1. The number of imide groups is 1. The first kappa shape index (κ1) is 20.0. The van der Waals surface area contributed by atoms with Crippen LogP contribution in [0, 0.1) is 5.92 Å². The second-order valence-electron chi connectivity index (χ2n) is 8.58. The molecule has 7 heteroatoms. The Morgan fingerprint density at radius 2 is 1.97 bits per heavy atom. The minimum atomic E-state index is -0.660. The molecule has 1 aromatic carbocycles. The highest BCUT2D eigenvalue weighted by atomic mass is 16.5. The Morgan fingerprint density at radius 3 is 2.69 bits per heavy atom. The lowest BCUT2D eigenvalue weighted by Crippen LogP contribution is -3.16. The largest absolute Gasteiger partial charge is 0.492 e. The number of para-hydroxylation sites is 2. The van der Waals surface area contributed by atoms with E-state index in [1.807, 2.05) is 25.1 Å². The smallest absolute Gasteiger partial charge is 0.329 e. The second kappa shape index (κ2) is 8.22. The van der Waals surface area contributed by atoms with Gasteiger partial charge in [0.05, 0.1) is 38.5 Å². The lowest BCUT2D eigenvalue weighted by atomic mass is 9.73. The minimum absolute atomic E-state index is 0.00804. The number of piperazine rings is 1. The zero-order valence-corrected chi connectivity index (χ0v) is 17.6. The SMILES string of the molecule is CCOc1ccccc1N1CC[NH+](CN2C(=O)N[C@@]3(CCCC[C@H]3C)C2=O)CC1. The Bertz CT molecular complexity index is 762. The van der Waals surface area contributed by atoms with Crippen molar-refractivity contribution in [2.75, 3.05) is 44.4 Å². The summed E-state index contributed by atoms with van der Waals surface area (Å²) in [7, 11) is 0. The molecule has 1 aromatic rings. The minimum Gasteiger partial charge on any atom is -0.492 e. The van der Waals surface area contributed by atoms with Gasteiger partial charge in [0.1, 0.15) is 11.3 Å². The van der Waals surface area contributed by atoms with Crippen LogP contribution in [0.4, 0.5) is 10.5 Å². The Morgan fingerprint density at radius 1 is 1.21 bits per heavy atom. The van der Waals surface area contributed by atoms with Gasteiger partial charge in [0, 0.05) is 0 Å². The van der Waals surface area contributed by atoms with E-state index >= 15 is 0 Å². The Kier molecular flexibility index (Phi) is 5.67. The number of carbonyl (C=O) groups is 2. The van der Waals surface area contributed by atoms with Crippen molar-refractivity contribution in [1.29, 1.82) is 0 Å². The van der Waals surface area contributed by atoms with Gasteiger partial charge in [0.15, 0.2) is 6.67 Å². The first-order valence-corrected chi connectivity index (χ1v) is 11.0. The second-order valence-corrected chi connectivity index (χ2v) is 8.58. The number of anilines is 1. The van der Waals surface area contributed by atoms with Crippen LogP contribution in [-0.4, -0.2) is 61.8 Å². The molecule has 158 valence electrons. The molecule has 1 saturated carbocycles. The summed E-state index contributed by atoms with van der Waals surface area (Å²) in [6.07, 6.45) is 3.93. The van der Waals surface area contributed by atoms with Crippen LogP contribution in [-0.2, 0) is 4.79 Å². The molecule has 0 bridgehead atoms. The summed E-state index contributed by atoms with van der Waals surface area (Å²) >= 11 is 0. The fraction of sp³-hybridized carbons (Fsp3) is 0.636. The van der Waals surface area contributed by atoms with Crippen LogP contribution < -0.4 is 19.9 Å². The summed E-state index contributed by atoms with van der Waals surface area (Å²) < 4.78 is 5.77. The zero-order valence-electron chi connectivity index (χ0n) is 17.6. The summed E-state index contributed by atoms with van der Waals surface area (Å²) in [5.74, 6) is 1.12. The third kappa shape index (κ3) is 3.68. The van der Waals surface area contributed by atoms with Crippen LogP contribution >= 0.6 is 0 Å². The highest BCUT2D eigenvalue weighted by Gasteiger charge is 2.55. The summed E-state index contributed by atoms with van der Waals surface area (Å²) in [5, 5.41) is 3.06. The van der Waals surface area contributed by atoms with E-state index in [1.165, 1.54) is 9.80 Å². The van der Waals surface area contributed by atoms with Crippen molar-refractivity contribution in [3.63, 3.8) is 0 Å². The van der Waals surface area contributed by atoms with Gasteiger partial charge in [-0.3, -0.25) is 4.79 Å². The Balaban J connectivity index is 1.38. The van der Waals surface area contributed by atoms with E-state index in [9.17, 15) is 9.59 Å². The summed E-state index contributed by atoms with van der Waals surface area (Å²) in [6, 6.07) is 7.93. The third-order valence-corrected chi connectivity index (χ3v) is 6.86. The molecule has 2 N–H and O–H groups in total. The number of ether oxygens (including phenoxy) is 1. The van der Waals surface area contributed by atoms with Crippen molar-refractivity contribution in [3.8, 4) is 5.75 Å². The van der Waals surface area contributed by atoms with E-state index < -0.39 is 5.54 Å². The number of hydrogen-bond acceptors (Lipinski definition) is 4. The van der Waals surface area contributed by atoms with Gasteiger partial charge in [-0.1, -0.05) is 31.9 Å². The molecule has 1 aliphatic carbocycles. The number of amides is 3. The predicted octanol–water partition coefficient (Wildman–Crippen LogP) is 1.25. The fourth-order valence-corrected chi connectivity index (χ4v) is 5.08. The molecule has 29 heavy (non-hydrogen) atoms. The summed E-state index contributed by atoms with van der Waals surface area (Å²) in [6.45, 7) is 8.74. The van der Waals surface area contributed by atoms with E-state index in [0.717, 1.165) is 63.3 Å². The maximum absolute atomic E-state index is 13.2. The molecule has 2 atom stereocenters. The predicted molar refractivity (Wildman–Crippen MR) is 111 cm³/mol. The molecule has 7 nitrogen and oxygen atoms in total. The topological polar surface area (TPSA) is 66.3 Å². The summed E-state index contributed by atoms with van der Waals surface area (Å²) in [5.41, 5.74) is 0.464. The van der Waals surface area contributed by atoms with Crippen LogP contribution in [0.3, 0.4) is 0 Å². The molecular weight excluding hydrogens is 368 g/mol. The number of rotatable bonds is 5. The average Bonchev–Trinajstić information content (AvgIpc) is 2.96. The van der Waals surface area contributed by atoms with E-state index in [0.29, 0.717) is 13.3 Å². The fourth-order valence-electron chi connectivity index (χ4n) is 5.08. The van der Waals surface area contributed by atoms with Crippen molar-refractivity contribution in [2.45, 2.75) is 45.1 Å². The molecule has 0 unspecified atom stereocenters. The molecule has 3 fully saturated rings. The van der Waals surface area contributed by atoms with Crippen LogP contribution in [0.1, 0.15) is 39.5 Å². The van der Waals surface area contributed by atoms with Crippen molar-refractivity contribution < 1.29 is 19.2 Å². The average molecular weight is 402 g/mol. The number of urea groups is 1. The van der Waals surface area contributed by atoms with Crippen LogP contribution in [0.15, 0.2) is 24.3 Å². The zero-order chi connectivity index (χ0) is 20.4. The molecule has 3 amide bonds. The highest BCUT2D eigenvalue weighted by Crippen LogP contribution is 2.37. The van der Waals surface area contributed by atoms with Gasteiger partial charge in [-0.15, -0.1) is 0 Å². The van der Waals surface area contributed by atoms with Crippen LogP contribution in [0.5, 0.6) is 5.75 Å². The van der Waals surface area contributed by atoms with Crippen molar-refractivity contribution >= 4 is 17.6 Å². The van der Waals surface area contributed by atoms with Crippen molar-refractivity contribution in [2.24, 2.45) is 5.92 Å². The van der Waals surface area contributed by atoms with Gasteiger partial charge in [-0.25, -0.2) is 9.69 Å². The molecule has 0 aromatic heterocycles. The lowest BCUT2D eigenvalue weighted by molar-refractivity contribution is -0.907. The third-order valence-electron chi connectivity index (χ3n) is 6.86. The lowest BCUT2D eigenvalue weighted by Gasteiger charge is -2.37. The first-order chi connectivity index (χ1) is 14.0. The Labute approximate surface area is 173 Å². The molecule has 2 saturated heterocycles. The molecular formula is C22H33N4O3+. The van der Waals surface area contributed by atoms with Gasteiger partial charge in [-0.05, 0) is 37.8 Å². The normalized spacial score (nSPS) is 28.1. The molecule has 4 rings (SSSR count). The molecule has 2 aliphatic heterocycles. The monoisotopic (exact) mass is 401 g/mol. The molecule has 3 aliphatic rings. The Hall–Kier alpha value is -2.28. The summed E-state index contributed by atoms with van der Waals surface area (Å²) in [4.78, 5) is 30.9. The van der Waals surface area contributed by atoms with Crippen molar-refractivity contribution in [3.05, 3.63) is 24.3 Å². The number of nitrogens with zero attached hydrogens (tertiary/aromatic N) is 2. The number of nitrogens with one attached hydrogen (secondary N) is 2. The van der Waals surface area contributed by atoms with Gasteiger partial charge < -0.3 is 19.9 Å². The van der Waals surface area contributed by atoms with Gasteiger partial charge in [0.2, 0.25) is 0 Å². The molecule has 0 radical (unpaired) electrons. The van der Waals surface area contributed by atoms with Crippen molar-refractivity contribution in [1.82, 2.24) is 10.2 Å². The molecule has 2 heterocycles. The van der Waals surface area contributed by atoms with Crippen LogP contribution in [0.25, 0.3) is 0 Å². The number of quaternary nitrogens is 1. The van der Waals surface area contributed by atoms with Gasteiger partial charge in [0.25, 0.3) is 5.91 Å². The maximum Gasteiger partial charge on any atom is 0.329 e. The van der Waals surface area contributed by atoms with E-state index in [2.05, 4.69) is 23.2 Å². The number of hydrogen-bond donors (Lipinski definition) is 2. The maximum atomic E-state index is 13.2. The van der Waals surface area contributed by atoms with E-state index in [1.54, 1.807) is 0 Å².